The molecule has 9 heteroatoms. The van der Waals surface area contributed by atoms with Gasteiger partial charge in [0.2, 0.25) is 5.75 Å². The number of hydrogen-bond donors (Lipinski definition) is 3. The van der Waals surface area contributed by atoms with Crippen LogP contribution in [-0.2, 0) is 24.2 Å². The van der Waals surface area contributed by atoms with Crippen molar-refractivity contribution in [1.29, 1.82) is 0 Å². The van der Waals surface area contributed by atoms with E-state index in [1.54, 1.807) is 18.2 Å². The van der Waals surface area contributed by atoms with Gasteiger partial charge in [-0.05, 0) is 37.0 Å². The minimum atomic E-state index is -0.811. The summed E-state index contributed by atoms with van der Waals surface area (Å²) in [6.07, 6.45) is 5.90. The number of benzene rings is 3. The van der Waals surface area contributed by atoms with E-state index in [4.69, 9.17) is 18.6 Å². The van der Waals surface area contributed by atoms with Gasteiger partial charge in [0.1, 0.15) is 29.1 Å². The molecule has 43 heavy (non-hydrogen) atoms. The summed E-state index contributed by atoms with van der Waals surface area (Å²) in [7, 11) is 1.37. The summed E-state index contributed by atoms with van der Waals surface area (Å²) in [5.74, 6) is -2.23. The van der Waals surface area contributed by atoms with Crippen molar-refractivity contribution >= 4 is 16.7 Å². The molecule has 0 saturated heterocycles. The van der Waals surface area contributed by atoms with Gasteiger partial charge in [-0.3, -0.25) is 0 Å². The normalized spacial score (nSPS) is 11.0. The van der Waals surface area contributed by atoms with Crippen LogP contribution in [0, 0.1) is 0 Å². The van der Waals surface area contributed by atoms with Crippen molar-refractivity contribution in [2.75, 3.05) is 7.11 Å². The standard InChI is InChI=1S/C34H38O9/c1-4-6-9-15-23-17-22-18-27(40-3)30(37)32(28(22)34(39)42-23)43-31-24(16-10-7-5-2)29(25(35)19-26(31)36)33(38)41-20-21-13-11-8-12-14-21/h8,11-14,17-19,35-37H,4-7,9-10,15-16,20H2,1-3H3. The highest BCUT2D eigenvalue weighted by Crippen LogP contribution is 2.48. The number of phenols is 3. The zero-order valence-corrected chi connectivity index (χ0v) is 24.8. The van der Waals surface area contributed by atoms with Gasteiger partial charge < -0.3 is 33.9 Å². The van der Waals surface area contributed by atoms with Crippen LogP contribution in [0.1, 0.15) is 79.6 Å². The van der Waals surface area contributed by atoms with Crippen LogP contribution in [0.4, 0.5) is 0 Å². The summed E-state index contributed by atoms with van der Waals surface area (Å²) in [4.78, 5) is 26.6. The molecule has 4 rings (SSSR count). The number of methoxy groups -OCH3 is 1. The Morgan fingerprint density at radius 1 is 0.860 bits per heavy atom. The second-order valence-electron chi connectivity index (χ2n) is 10.4. The van der Waals surface area contributed by atoms with E-state index in [-0.39, 0.29) is 46.8 Å². The van der Waals surface area contributed by atoms with Crippen molar-refractivity contribution in [3.05, 3.63) is 81.4 Å². The maximum Gasteiger partial charge on any atom is 0.347 e. The lowest BCUT2D eigenvalue weighted by atomic mass is 9.98. The number of aromatic hydroxyl groups is 3. The van der Waals surface area contributed by atoms with Crippen LogP contribution in [0.3, 0.4) is 0 Å². The van der Waals surface area contributed by atoms with E-state index >= 15 is 0 Å². The average Bonchev–Trinajstić information content (AvgIpc) is 2.99. The summed E-state index contributed by atoms with van der Waals surface area (Å²) in [5, 5.41) is 33.2. The molecule has 0 fully saturated rings. The highest BCUT2D eigenvalue weighted by molar-refractivity contribution is 5.96. The third-order valence-electron chi connectivity index (χ3n) is 7.23. The molecule has 0 unspecified atom stereocenters. The third kappa shape index (κ3) is 7.23. The van der Waals surface area contributed by atoms with Gasteiger partial charge in [0.15, 0.2) is 23.0 Å². The molecule has 3 aromatic carbocycles. The van der Waals surface area contributed by atoms with E-state index in [1.165, 1.54) is 13.2 Å². The first-order valence-corrected chi connectivity index (χ1v) is 14.6. The van der Waals surface area contributed by atoms with Crippen molar-refractivity contribution < 1.29 is 38.7 Å². The van der Waals surface area contributed by atoms with Gasteiger partial charge in [0.25, 0.3) is 0 Å². The molecule has 4 aromatic rings. The Kier molecular flexibility index (Phi) is 10.5. The lowest BCUT2D eigenvalue weighted by molar-refractivity contribution is 0.0467. The van der Waals surface area contributed by atoms with Crippen molar-refractivity contribution in [2.45, 2.75) is 71.8 Å². The first-order chi connectivity index (χ1) is 20.8. The number of ether oxygens (including phenoxy) is 3. The number of esters is 1. The summed E-state index contributed by atoms with van der Waals surface area (Å²) in [5.41, 5.74) is 0.0358. The molecule has 0 saturated carbocycles. The second kappa shape index (κ2) is 14.5. The topological polar surface area (TPSA) is 136 Å². The Morgan fingerprint density at radius 2 is 1.56 bits per heavy atom. The van der Waals surface area contributed by atoms with Gasteiger partial charge in [-0.15, -0.1) is 0 Å². The molecular weight excluding hydrogens is 552 g/mol. The number of fused-ring (bicyclic) bond motifs is 1. The highest BCUT2D eigenvalue weighted by atomic mass is 16.5. The Morgan fingerprint density at radius 3 is 2.23 bits per heavy atom. The van der Waals surface area contributed by atoms with Crippen LogP contribution in [0.2, 0.25) is 0 Å². The smallest absolute Gasteiger partial charge is 0.347 e. The summed E-state index contributed by atoms with van der Waals surface area (Å²) in [6, 6.07) is 13.3. The number of carbonyl (C=O) groups excluding carboxylic acids is 1. The number of carbonyl (C=O) groups is 1. The highest BCUT2D eigenvalue weighted by Gasteiger charge is 2.28. The number of phenolic OH excluding ortho intramolecular Hbond substituents is 3. The minimum absolute atomic E-state index is 0.0342. The molecule has 1 heterocycles. The Balaban J connectivity index is 1.83. The fourth-order valence-electron chi connectivity index (χ4n) is 4.99. The van der Waals surface area contributed by atoms with E-state index in [0.717, 1.165) is 43.7 Å². The lowest BCUT2D eigenvalue weighted by Gasteiger charge is -2.19. The molecule has 0 bridgehead atoms. The van der Waals surface area contributed by atoms with Crippen LogP contribution in [0.5, 0.6) is 34.5 Å². The minimum Gasteiger partial charge on any atom is -0.507 e. The molecule has 9 nitrogen and oxygen atoms in total. The van der Waals surface area contributed by atoms with E-state index < -0.39 is 28.8 Å². The molecule has 0 aliphatic heterocycles. The van der Waals surface area contributed by atoms with Gasteiger partial charge in [-0.25, -0.2) is 9.59 Å². The van der Waals surface area contributed by atoms with Crippen LogP contribution >= 0.6 is 0 Å². The number of hydrogen-bond acceptors (Lipinski definition) is 9. The first kappa shape index (κ1) is 31.3. The molecule has 3 N–H and O–H groups in total. The van der Waals surface area contributed by atoms with Crippen LogP contribution in [0.25, 0.3) is 10.8 Å². The van der Waals surface area contributed by atoms with Crippen LogP contribution in [0.15, 0.2) is 57.7 Å². The van der Waals surface area contributed by atoms with Gasteiger partial charge in [0, 0.05) is 23.4 Å². The average molecular weight is 591 g/mol. The zero-order valence-electron chi connectivity index (χ0n) is 24.8. The third-order valence-corrected chi connectivity index (χ3v) is 7.23. The molecule has 1 aromatic heterocycles. The largest absolute Gasteiger partial charge is 0.507 e. The zero-order chi connectivity index (χ0) is 30.9. The quantitative estimate of drug-likeness (QED) is 0.101. The lowest BCUT2D eigenvalue weighted by Crippen LogP contribution is -2.11. The molecule has 228 valence electrons. The fraction of sp³-hybridized carbons (Fsp3) is 0.353. The summed E-state index contributed by atoms with van der Waals surface area (Å²) >= 11 is 0. The fourth-order valence-corrected chi connectivity index (χ4v) is 4.99. The predicted octanol–water partition coefficient (Wildman–Crippen LogP) is 7.53. The van der Waals surface area contributed by atoms with E-state index in [1.807, 2.05) is 25.1 Å². The molecule has 0 aliphatic carbocycles. The maximum absolute atomic E-state index is 13.3. The predicted molar refractivity (Wildman–Crippen MR) is 163 cm³/mol. The Bertz CT molecular complexity index is 1620. The van der Waals surface area contributed by atoms with Gasteiger partial charge >= 0.3 is 11.6 Å². The molecular formula is C34H38O9. The van der Waals surface area contributed by atoms with Gasteiger partial charge in [0.05, 0.1) is 7.11 Å². The first-order valence-electron chi connectivity index (χ1n) is 14.6. The van der Waals surface area contributed by atoms with E-state index in [9.17, 15) is 24.9 Å². The van der Waals surface area contributed by atoms with Gasteiger partial charge in [-0.1, -0.05) is 69.9 Å². The molecule has 0 aliphatic rings. The van der Waals surface area contributed by atoms with Crippen LogP contribution in [-0.4, -0.2) is 28.4 Å². The van der Waals surface area contributed by atoms with Crippen molar-refractivity contribution in [3.63, 3.8) is 0 Å². The van der Waals surface area contributed by atoms with Crippen molar-refractivity contribution in [2.24, 2.45) is 0 Å². The molecule has 0 radical (unpaired) electrons. The number of rotatable bonds is 14. The summed E-state index contributed by atoms with van der Waals surface area (Å²) in [6.45, 7) is 4.06. The maximum atomic E-state index is 13.3. The molecule has 0 spiro atoms. The molecule has 0 atom stereocenters. The monoisotopic (exact) mass is 590 g/mol. The second-order valence-corrected chi connectivity index (χ2v) is 10.4. The Hall–Kier alpha value is -4.66. The van der Waals surface area contributed by atoms with E-state index in [2.05, 4.69) is 6.92 Å². The van der Waals surface area contributed by atoms with Gasteiger partial charge in [-0.2, -0.15) is 0 Å². The summed E-state index contributed by atoms with van der Waals surface area (Å²) < 4.78 is 22.6. The SMILES string of the molecule is CCCCCc1cc2cc(OC)c(O)c(Oc3c(O)cc(O)c(C(=O)OCc4ccccc4)c3CCCCC)c2c(=O)o1. The number of unbranched alkanes of at least 4 members (excludes halogenated alkanes) is 4. The number of aryl methyl sites for hydroxylation is 1. The Labute approximate surface area is 250 Å². The van der Waals surface area contributed by atoms with E-state index in [0.29, 0.717) is 24.0 Å². The van der Waals surface area contributed by atoms with Crippen LogP contribution < -0.4 is 15.1 Å². The molecule has 0 amide bonds. The van der Waals surface area contributed by atoms with Crippen molar-refractivity contribution in [1.82, 2.24) is 0 Å². The van der Waals surface area contributed by atoms with Crippen molar-refractivity contribution in [3.8, 4) is 34.5 Å².